The minimum Gasteiger partial charge on any atom is -0.308 e. The maximum absolute atomic E-state index is 12.6. The number of H-pyrrole nitrogens is 1. The summed E-state index contributed by atoms with van der Waals surface area (Å²) in [7, 11) is 0. The standard InChI is InChI=1S/C21H19BrN4O/c1-14-19-11-16(13-23-12-15-7-9-17(22)10-8-15)21(27)24-20(19)26(25-14)18-5-3-2-4-6-18/h2-11,23H,12-13H2,1H3,(H,24,27). The Hall–Kier alpha value is -2.70. The lowest BCUT2D eigenvalue weighted by molar-refractivity contribution is 0.688. The van der Waals surface area contributed by atoms with Crippen LogP contribution in [0.5, 0.6) is 0 Å². The molecular formula is C21H19BrN4O. The third kappa shape index (κ3) is 3.72. The summed E-state index contributed by atoms with van der Waals surface area (Å²) in [4.78, 5) is 15.6. The van der Waals surface area contributed by atoms with Crippen molar-refractivity contribution in [3.8, 4) is 5.69 Å². The number of nitrogens with zero attached hydrogens (tertiary/aromatic N) is 2. The van der Waals surface area contributed by atoms with Crippen molar-refractivity contribution < 1.29 is 0 Å². The molecule has 0 fully saturated rings. The first-order valence-corrected chi connectivity index (χ1v) is 9.53. The number of nitrogens with one attached hydrogen (secondary N) is 2. The first kappa shape index (κ1) is 17.7. The summed E-state index contributed by atoms with van der Waals surface area (Å²) in [5.74, 6) is 0. The number of aromatic nitrogens is 3. The van der Waals surface area contributed by atoms with E-state index in [1.807, 2.05) is 55.5 Å². The van der Waals surface area contributed by atoms with Gasteiger partial charge in [0, 0.05) is 28.5 Å². The van der Waals surface area contributed by atoms with Crippen molar-refractivity contribution in [3.05, 3.63) is 92.3 Å². The molecule has 6 heteroatoms. The van der Waals surface area contributed by atoms with Crippen molar-refractivity contribution in [2.45, 2.75) is 20.0 Å². The number of aromatic amines is 1. The average molecular weight is 423 g/mol. The van der Waals surface area contributed by atoms with E-state index >= 15 is 0 Å². The SMILES string of the molecule is Cc1nn(-c2ccccc2)c2[nH]c(=O)c(CNCc3ccc(Br)cc3)cc12. The van der Waals surface area contributed by atoms with Gasteiger partial charge < -0.3 is 10.3 Å². The fraction of sp³-hybridized carbons (Fsp3) is 0.143. The van der Waals surface area contributed by atoms with E-state index in [0.29, 0.717) is 18.7 Å². The molecule has 136 valence electrons. The molecule has 2 aromatic carbocycles. The van der Waals surface area contributed by atoms with E-state index in [9.17, 15) is 4.79 Å². The van der Waals surface area contributed by atoms with E-state index in [4.69, 9.17) is 0 Å². The molecule has 5 nitrogen and oxygen atoms in total. The van der Waals surface area contributed by atoms with Gasteiger partial charge in [-0.05, 0) is 42.8 Å². The van der Waals surface area contributed by atoms with Crippen molar-refractivity contribution in [3.63, 3.8) is 0 Å². The topological polar surface area (TPSA) is 62.7 Å². The minimum atomic E-state index is -0.0945. The summed E-state index contributed by atoms with van der Waals surface area (Å²) >= 11 is 3.43. The van der Waals surface area contributed by atoms with E-state index in [1.54, 1.807) is 4.68 Å². The van der Waals surface area contributed by atoms with Crippen molar-refractivity contribution in [1.82, 2.24) is 20.1 Å². The van der Waals surface area contributed by atoms with E-state index in [0.717, 1.165) is 26.9 Å². The van der Waals surface area contributed by atoms with Gasteiger partial charge in [-0.3, -0.25) is 4.79 Å². The summed E-state index contributed by atoms with van der Waals surface area (Å²) in [5.41, 5.74) is 4.31. The van der Waals surface area contributed by atoms with Gasteiger partial charge >= 0.3 is 0 Å². The van der Waals surface area contributed by atoms with Gasteiger partial charge in [0.15, 0.2) is 0 Å². The van der Waals surface area contributed by atoms with Gasteiger partial charge in [-0.15, -0.1) is 0 Å². The van der Waals surface area contributed by atoms with Crippen LogP contribution in [0, 0.1) is 6.92 Å². The van der Waals surface area contributed by atoms with Gasteiger partial charge in [-0.25, -0.2) is 4.68 Å². The van der Waals surface area contributed by atoms with E-state index in [2.05, 4.69) is 43.5 Å². The van der Waals surface area contributed by atoms with Crippen LogP contribution in [0.25, 0.3) is 16.7 Å². The summed E-state index contributed by atoms with van der Waals surface area (Å²) in [5, 5.41) is 8.90. The molecule has 0 aliphatic rings. The number of hydrogen-bond donors (Lipinski definition) is 2. The van der Waals surface area contributed by atoms with Crippen LogP contribution in [0.3, 0.4) is 0 Å². The number of benzene rings is 2. The highest BCUT2D eigenvalue weighted by Crippen LogP contribution is 2.19. The molecule has 0 unspecified atom stereocenters. The maximum atomic E-state index is 12.6. The van der Waals surface area contributed by atoms with Gasteiger partial charge in [0.05, 0.1) is 11.4 Å². The predicted molar refractivity (Wildman–Crippen MR) is 111 cm³/mol. The Labute approximate surface area is 165 Å². The highest BCUT2D eigenvalue weighted by atomic mass is 79.9. The molecule has 0 spiro atoms. The third-order valence-electron chi connectivity index (χ3n) is 4.51. The maximum Gasteiger partial charge on any atom is 0.254 e. The van der Waals surface area contributed by atoms with Crippen LogP contribution in [0.1, 0.15) is 16.8 Å². The molecule has 2 heterocycles. The van der Waals surface area contributed by atoms with E-state index in [1.165, 1.54) is 5.56 Å². The number of hydrogen-bond acceptors (Lipinski definition) is 3. The molecule has 4 rings (SSSR count). The second kappa shape index (κ2) is 7.50. The molecule has 0 saturated carbocycles. The van der Waals surface area contributed by atoms with Crippen molar-refractivity contribution in [2.24, 2.45) is 0 Å². The second-order valence-corrected chi connectivity index (χ2v) is 7.36. The normalized spacial score (nSPS) is 11.2. The lowest BCUT2D eigenvalue weighted by atomic mass is 10.2. The fourth-order valence-corrected chi connectivity index (χ4v) is 3.36. The monoisotopic (exact) mass is 422 g/mol. The van der Waals surface area contributed by atoms with Crippen LogP contribution in [0.15, 0.2) is 69.9 Å². The summed E-state index contributed by atoms with van der Waals surface area (Å²) in [6.07, 6.45) is 0. The zero-order valence-electron chi connectivity index (χ0n) is 14.9. The molecule has 0 amide bonds. The largest absolute Gasteiger partial charge is 0.308 e. The minimum absolute atomic E-state index is 0.0945. The molecule has 0 bridgehead atoms. The van der Waals surface area contributed by atoms with Gasteiger partial charge in [0.25, 0.3) is 5.56 Å². The Balaban J connectivity index is 1.59. The molecule has 4 aromatic rings. The number of para-hydroxylation sites is 1. The van der Waals surface area contributed by atoms with Crippen LogP contribution >= 0.6 is 15.9 Å². The van der Waals surface area contributed by atoms with Crippen LogP contribution in [-0.2, 0) is 13.1 Å². The van der Waals surface area contributed by atoms with Crippen molar-refractivity contribution >= 4 is 27.0 Å². The van der Waals surface area contributed by atoms with Gasteiger partial charge in [0.1, 0.15) is 5.65 Å². The molecule has 0 saturated heterocycles. The third-order valence-corrected chi connectivity index (χ3v) is 5.04. The van der Waals surface area contributed by atoms with Crippen LogP contribution < -0.4 is 10.9 Å². The van der Waals surface area contributed by atoms with E-state index < -0.39 is 0 Å². The summed E-state index contributed by atoms with van der Waals surface area (Å²) < 4.78 is 2.84. The number of aryl methyl sites for hydroxylation is 1. The Morgan fingerprint density at radius 2 is 1.81 bits per heavy atom. The molecule has 0 atom stereocenters. The van der Waals surface area contributed by atoms with Gasteiger partial charge in [0.2, 0.25) is 0 Å². The first-order valence-electron chi connectivity index (χ1n) is 8.74. The van der Waals surface area contributed by atoms with Crippen molar-refractivity contribution in [1.29, 1.82) is 0 Å². The number of halogens is 1. The Bertz CT molecular complexity index is 1130. The molecular weight excluding hydrogens is 404 g/mol. The summed E-state index contributed by atoms with van der Waals surface area (Å²) in [6.45, 7) is 3.16. The summed E-state index contributed by atoms with van der Waals surface area (Å²) in [6, 6.07) is 19.9. The Morgan fingerprint density at radius 1 is 1.07 bits per heavy atom. The average Bonchev–Trinajstić information content (AvgIpc) is 3.00. The Kier molecular flexibility index (Phi) is 4.92. The van der Waals surface area contributed by atoms with Crippen LogP contribution in [0.4, 0.5) is 0 Å². The quantitative estimate of drug-likeness (QED) is 0.509. The molecule has 27 heavy (non-hydrogen) atoms. The highest BCUT2D eigenvalue weighted by molar-refractivity contribution is 9.10. The van der Waals surface area contributed by atoms with Crippen molar-refractivity contribution in [2.75, 3.05) is 0 Å². The predicted octanol–water partition coefficient (Wildman–Crippen LogP) is 4.07. The zero-order valence-corrected chi connectivity index (χ0v) is 16.5. The molecule has 0 radical (unpaired) electrons. The van der Waals surface area contributed by atoms with E-state index in [-0.39, 0.29) is 5.56 Å². The molecule has 0 aliphatic carbocycles. The highest BCUT2D eigenvalue weighted by Gasteiger charge is 2.12. The lowest BCUT2D eigenvalue weighted by Gasteiger charge is -2.06. The van der Waals surface area contributed by atoms with Gasteiger partial charge in [-0.1, -0.05) is 46.3 Å². The number of fused-ring (bicyclic) bond motifs is 1. The lowest BCUT2D eigenvalue weighted by Crippen LogP contribution is -2.21. The second-order valence-electron chi connectivity index (χ2n) is 6.45. The zero-order chi connectivity index (χ0) is 18.8. The number of rotatable bonds is 5. The van der Waals surface area contributed by atoms with Crippen LogP contribution in [0.2, 0.25) is 0 Å². The molecule has 0 aliphatic heterocycles. The van der Waals surface area contributed by atoms with Crippen LogP contribution in [-0.4, -0.2) is 14.8 Å². The smallest absolute Gasteiger partial charge is 0.254 e. The Morgan fingerprint density at radius 3 is 2.56 bits per heavy atom. The molecule has 2 N–H and O–H groups in total. The fourth-order valence-electron chi connectivity index (χ4n) is 3.09. The molecule has 2 aromatic heterocycles. The first-order chi connectivity index (χ1) is 13.1. The number of pyridine rings is 1. The van der Waals surface area contributed by atoms with Gasteiger partial charge in [-0.2, -0.15) is 5.10 Å².